The Morgan fingerprint density at radius 1 is 1.29 bits per heavy atom. The van der Waals surface area contributed by atoms with Gasteiger partial charge in [0.25, 0.3) is 5.92 Å². The van der Waals surface area contributed by atoms with E-state index < -0.39 is 11.8 Å². The largest absolute Gasteiger partial charge is 0.311 e. The molecule has 1 unspecified atom stereocenters. The molecule has 1 N–H and O–H groups in total. The van der Waals surface area contributed by atoms with Crippen LogP contribution in [0.3, 0.4) is 0 Å². The van der Waals surface area contributed by atoms with Crippen LogP contribution in [0.5, 0.6) is 0 Å². The molecule has 4 atom stereocenters. The SMILES string of the molecule is C[C@@H]1CN[C@@H](C)CN1C(c1ccc(Cl)cc1)[C@H]1CC1(F)F. The van der Waals surface area contributed by atoms with Gasteiger partial charge < -0.3 is 5.32 Å². The molecule has 0 aromatic heterocycles. The van der Waals surface area contributed by atoms with E-state index in [4.69, 9.17) is 11.6 Å². The standard InChI is InChI=1S/C16H21ClF2N2/c1-10-9-21(11(2)8-20-10)15(14-7-16(14,18)19)12-3-5-13(17)6-4-12/h3-6,10-11,14-15,20H,7-9H2,1-2H3/t10-,11+,14+,15?/m0/s1. The molecule has 2 fully saturated rings. The third-order valence-electron chi connectivity index (χ3n) is 4.64. The predicted molar refractivity (Wildman–Crippen MR) is 80.9 cm³/mol. The monoisotopic (exact) mass is 314 g/mol. The second kappa shape index (κ2) is 5.49. The van der Waals surface area contributed by atoms with Gasteiger partial charge in [0.05, 0.1) is 0 Å². The summed E-state index contributed by atoms with van der Waals surface area (Å²) in [4.78, 5) is 2.23. The van der Waals surface area contributed by atoms with Gasteiger partial charge in [-0.3, -0.25) is 4.90 Å². The van der Waals surface area contributed by atoms with E-state index >= 15 is 0 Å². The van der Waals surface area contributed by atoms with E-state index in [1.807, 2.05) is 12.1 Å². The van der Waals surface area contributed by atoms with Gasteiger partial charge in [0, 0.05) is 48.6 Å². The summed E-state index contributed by atoms with van der Waals surface area (Å²) in [7, 11) is 0. The van der Waals surface area contributed by atoms with Crippen LogP contribution in [0.2, 0.25) is 5.02 Å². The molecule has 0 spiro atoms. The molecule has 2 aliphatic rings. The smallest absolute Gasteiger partial charge is 0.253 e. The third kappa shape index (κ3) is 3.08. The van der Waals surface area contributed by atoms with Crippen LogP contribution < -0.4 is 5.32 Å². The van der Waals surface area contributed by atoms with Crippen molar-refractivity contribution in [2.75, 3.05) is 13.1 Å². The van der Waals surface area contributed by atoms with Crippen LogP contribution >= 0.6 is 11.6 Å². The Bertz CT molecular complexity index is 506. The summed E-state index contributed by atoms with van der Waals surface area (Å²) in [6.07, 6.45) is -0.00861. The van der Waals surface area contributed by atoms with E-state index in [0.717, 1.165) is 18.7 Å². The van der Waals surface area contributed by atoms with Gasteiger partial charge in [0.2, 0.25) is 0 Å². The zero-order valence-corrected chi connectivity index (χ0v) is 13.1. The molecule has 1 aromatic carbocycles. The van der Waals surface area contributed by atoms with Gasteiger partial charge in [-0.05, 0) is 31.5 Å². The van der Waals surface area contributed by atoms with Crippen LogP contribution in [0.25, 0.3) is 0 Å². The number of benzene rings is 1. The molecule has 2 nitrogen and oxygen atoms in total. The number of piperazine rings is 1. The Hall–Kier alpha value is -0.710. The first-order chi connectivity index (χ1) is 9.88. The molecule has 0 radical (unpaired) electrons. The molecule has 0 bridgehead atoms. The van der Waals surface area contributed by atoms with Crippen molar-refractivity contribution in [1.29, 1.82) is 0 Å². The summed E-state index contributed by atoms with van der Waals surface area (Å²) >= 11 is 5.93. The van der Waals surface area contributed by atoms with E-state index in [0.29, 0.717) is 11.1 Å². The Morgan fingerprint density at radius 3 is 2.48 bits per heavy atom. The highest BCUT2D eigenvalue weighted by atomic mass is 35.5. The van der Waals surface area contributed by atoms with Crippen LogP contribution in [-0.2, 0) is 0 Å². The van der Waals surface area contributed by atoms with Crippen LogP contribution in [0.15, 0.2) is 24.3 Å². The minimum absolute atomic E-state index is 0.00861. The minimum Gasteiger partial charge on any atom is -0.311 e. The Morgan fingerprint density at radius 2 is 1.90 bits per heavy atom. The molecule has 21 heavy (non-hydrogen) atoms. The van der Waals surface area contributed by atoms with Crippen molar-refractivity contribution in [2.24, 2.45) is 5.92 Å². The maximum absolute atomic E-state index is 13.7. The summed E-state index contributed by atoms with van der Waals surface area (Å²) in [6, 6.07) is 7.71. The van der Waals surface area contributed by atoms with E-state index in [9.17, 15) is 8.78 Å². The van der Waals surface area contributed by atoms with Gasteiger partial charge in [-0.15, -0.1) is 0 Å². The molecule has 1 saturated heterocycles. The second-order valence-corrected chi connectivity index (χ2v) is 6.86. The van der Waals surface area contributed by atoms with Crippen LogP contribution in [-0.4, -0.2) is 36.0 Å². The Balaban J connectivity index is 1.91. The first-order valence-corrected chi connectivity index (χ1v) is 7.88. The number of nitrogens with one attached hydrogen (secondary N) is 1. The van der Waals surface area contributed by atoms with E-state index in [1.54, 1.807) is 12.1 Å². The second-order valence-electron chi connectivity index (χ2n) is 6.42. The van der Waals surface area contributed by atoms with Gasteiger partial charge in [-0.1, -0.05) is 23.7 Å². The van der Waals surface area contributed by atoms with Gasteiger partial charge in [0.15, 0.2) is 0 Å². The lowest BCUT2D eigenvalue weighted by molar-refractivity contribution is 0.0335. The van der Waals surface area contributed by atoms with Crippen molar-refractivity contribution in [3.05, 3.63) is 34.9 Å². The molecule has 3 rings (SSSR count). The van der Waals surface area contributed by atoms with Crippen molar-refractivity contribution < 1.29 is 8.78 Å². The van der Waals surface area contributed by atoms with Crippen molar-refractivity contribution in [1.82, 2.24) is 10.2 Å². The number of rotatable bonds is 3. The average Bonchev–Trinajstić information content (AvgIpc) is 3.05. The van der Waals surface area contributed by atoms with Gasteiger partial charge >= 0.3 is 0 Å². The fraction of sp³-hybridized carbons (Fsp3) is 0.625. The van der Waals surface area contributed by atoms with Crippen molar-refractivity contribution in [2.45, 2.75) is 44.3 Å². The van der Waals surface area contributed by atoms with Crippen LogP contribution in [0.1, 0.15) is 31.9 Å². The molecule has 116 valence electrons. The molecule has 1 aromatic rings. The molecule has 5 heteroatoms. The molecule has 1 heterocycles. The zero-order valence-electron chi connectivity index (χ0n) is 12.3. The minimum atomic E-state index is -2.53. The maximum Gasteiger partial charge on any atom is 0.253 e. The molecular formula is C16H21ClF2N2. The topological polar surface area (TPSA) is 15.3 Å². The highest BCUT2D eigenvalue weighted by Gasteiger charge is 2.62. The molecule has 1 aliphatic carbocycles. The molecule has 1 aliphatic heterocycles. The van der Waals surface area contributed by atoms with E-state index in [2.05, 4.69) is 24.1 Å². The summed E-state index contributed by atoms with van der Waals surface area (Å²) in [6.45, 7) is 5.83. The first-order valence-electron chi connectivity index (χ1n) is 7.51. The molecule has 1 saturated carbocycles. The Labute approximate surface area is 129 Å². The normalized spacial score (nSPS) is 33.7. The number of halogens is 3. The van der Waals surface area contributed by atoms with Gasteiger partial charge in [0.1, 0.15) is 0 Å². The quantitative estimate of drug-likeness (QED) is 0.915. The van der Waals surface area contributed by atoms with E-state index in [1.165, 1.54) is 0 Å². The lowest BCUT2D eigenvalue weighted by Gasteiger charge is -2.43. The van der Waals surface area contributed by atoms with Gasteiger partial charge in [-0.2, -0.15) is 0 Å². The fourth-order valence-electron chi connectivity index (χ4n) is 3.33. The summed E-state index contributed by atoms with van der Waals surface area (Å²) < 4.78 is 27.4. The predicted octanol–water partition coefficient (Wildman–Crippen LogP) is 3.72. The average molecular weight is 315 g/mol. The lowest BCUT2D eigenvalue weighted by Crippen LogP contribution is -2.55. The summed E-state index contributed by atoms with van der Waals surface area (Å²) in [5.74, 6) is -3.11. The number of hydrogen-bond acceptors (Lipinski definition) is 2. The highest BCUT2D eigenvalue weighted by molar-refractivity contribution is 6.30. The molecule has 0 amide bonds. The Kier molecular flexibility index (Phi) is 3.97. The highest BCUT2D eigenvalue weighted by Crippen LogP contribution is 2.57. The van der Waals surface area contributed by atoms with Crippen molar-refractivity contribution in [3.8, 4) is 0 Å². The summed E-state index contributed by atoms with van der Waals surface area (Å²) in [5, 5.41) is 4.05. The number of alkyl halides is 2. The van der Waals surface area contributed by atoms with Gasteiger partial charge in [-0.25, -0.2) is 8.78 Å². The lowest BCUT2D eigenvalue weighted by atomic mass is 9.96. The molecular weight excluding hydrogens is 294 g/mol. The maximum atomic E-state index is 13.7. The fourth-order valence-corrected chi connectivity index (χ4v) is 3.46. The summed E-state index contributed by atoms with van der Waals surface area (Å²) in [5.41, 5.74) is 0.947. The van der Waals surface area contributed by atoms with Crippen LogP contribution in [0.4, 0.5) is 8.78 Å². The van der Waals surface area contributed by atoms with Crippen LogP contribution in [0, 0.1) is 5.92 Å². The number of hydrogen-bond donors (Lipinski definition) is 1. The third-order valence-corrected chi connectivity index (χ3v) is 4.89. The van der Waals surface area contributed by atoms with Crippen molar-refractivity contribution >= 4 is 11.6 Å². The van der Waals surface area contributed by atoms with E-state index in [-0.39, 0.29) is 18.5 Å². The first kappa shape index (κ1) is 15.2. The zero-order chi connectivity index (χ0) is 15.2. The number of nitrogens with zero attached hydrogens (tertiary/aromatic N) is 1. The van der Waals surface area contributed by atoms with Crippen molar-refractivity contribution in [3.63, 3.8) is 0 Å².